The number of para-hydroxylation sites is 6. The fourth-order valence-electron chi connectivity index (χ4n) is 18.4. The van der Waals surface area contributed by atoms with Gasteiger partial charge in [-0.25, -0.2) is 34.3 Å². The molecule has 0 amide bonds. The molecule has 6 heterocycles. The molecule has 119 heavy (non-hydrogen) atoms. The molecule has 0 unspecified atom stereocenters. The summed E-state index contributed by atoms with van der Waals surface area (Å²) >= 11 is 0. The van der Waals surface area contributed by atoms with Gasteiger partial charge in [-0.15, -0.1) is 0 Å². The molecule has 0 radical (unpaired) electrons. The predicted molar refractivity (Wildman–Crippen MR) is 467 cm³/mol. The Morgan fingerprint density at radius 3 is 1.09 bits per heavy atom. The summed E-state index contributed by atoms with van der Waals surface area (Å²) in [6.07, 6.45) is 0. The molecule has 2 aliphatic carbocycles. The van der Waals surface area contributed by atoms with Crippen LogP contribution < -0.4 is 9.47 Å². The number of fused-ring (bicyclic) bond motifs is 24. The van der Waals surface area contributed by atoms with Crippen LogP contribution in [0.4, 0.5) is 4.39 Å². The molecule has 0 bridgehead atoms. The second-order valence-electron chi connectivity index (χ2n) is 29.9. The van der Waals surface area contributed by atoms with Crippen molar-refractivity contribution < 1.29 is 13.9 Å². The number of aromatic nitrogens is 8. The molecule has 4 aliphatic rings. The summed E-state index contributed by atoms with van der Waals surface area (Å²) in [6.45, 7) is 0. The third-order valence-electron chi connectivity index (χ3n) is 23.5. The van der Waals surface area contributed by atoms with Crippen molar-refractivity contribution in [2.24, 2.45) is 0 Å². The van der Waals surface area contributed by atoms with Crippen molar-refractivity contribution in [2.45, 2.75) is 10.8 Å². The number of hydrogen-bond acceptors (Lipinski definition) is 10. The average molecular weight is 1530 g/mol. The molecule has 0 atom stereocenters. The van der Waals surface area contributed by atoms with Crippen molar-refractivity contribution in [1.82, 2.24) is 39.5 Å². The van der Waals surface area contributed by atoms with Crippen molar-refractivity contribution in [2.75, 3.05) is 0 Å². The van der Waals surface area contributed by atoms with Gasteiger partial charge in [-0.2, -0.15) is 10.5 Å². The van der Waals surface area contributed by atoms with Crippen LogP contribution in [0.3, 0.4) is 0 Å². The van der Waals surface area contributed by atoms with Crippen LogP contribution in [-0.2, 0) is 10.8 Å². The highest BCUT2D eigenvalue weighted by Gasteiger charge is 2.53. The molecule has 4 aromatic heterocycles. The highest BCUT2D eigenvalue weighted by atomic mass is 19.1. The molecule has 0 saturated heterocycles. The van der Waals surface area contributed by atoms with E-state index in [1.807, 2.05) is 158 Å². The first kappa shape index (κ1) is 69.4. The van der Waals surface area contributed by atoms with Crippen LogP contribution in [0.15, 0.2) is 376 Å². The second kappa shape index (κ2) is 28.0. The van der Waals surface area contributed by atoms with Crippen LogP contribution >= 0.6 is 0 Å². The first-order valence-electron chi connectivity index (χ1n) is 39.4. The van der Waals surface area contributed by atoms with Crippen LogP contribution in [-0.4, -0.2) is 39.5 Å². The number of nitrogens with one attached hydrogen (secondary N) is 1. The standard InChI is InChI=1S/C53H31N5O.C31H19NO.C22H13FN4/c54-32-36-29-35(52-56-50(33-15-3-1-4-16-33)55-51(57-52)34-17-5-2-6-18-34)27-28-45(36)58-46-24-12-8-20-38(46)40-30-39-37-19-7-9-21-41(37)53(44(39)31-47(40)58)42-22-10-13-25-48(42)59-49-26-14-11-23-43(49)53;1-3-11-23-19(9-1)21-17-22-20-10-2-6-14-27(20)32-28(22)18-26(21)31(23)24-12-4-7-15-29(24)33-30-16-8-5-13-25(30)31;23-19-12-11-17(13-18(19)14-24)22-26-20(15-7-3-1-4-8-15)25-21(27-22)16-9-5-2-6-10-16/h1-31H;1-18,32H;1-13H. The fraction of sp³-hybridized carbons (Fsp3) is 0.0189. The summed E-state index contributed by atoms with van der Waals surface area (Å²) in [7, 11) is 0. The molecule has 20 aromatic rings. The maximum atomic E-state index is 13.7. The van der Waals surface area contributed by atoms with E-state index in [1.165, 1.54) is 89.6 Å². The Kier molecular flexibility index (Phi) is 16.3. The van der Waals surface area contributed by atoms with Gasteiger partial charge in [0.15, 0.2) is 34.9 Å². The lowest BCUT2D eigenvalue weighted by Crippen LogP contribution is -2.32. The van der Waals surface area contributed by atoms with Gasteiger partial charge >= 0.3 is 0 Å². The zero-order valence-electron chi connectivity index (χ0n) is 63.5. The lowest BCUT2D eigenvalue weighted by molar-refractivity contribution is 0.436. The Bertz CT molecular complexity index is 7410. The number of hydrogen-bond donors (Lipinski definition) is 1. The lowest BCUT2D eigenvalue weighted by Gasteiger charge is -2.39. The van der Waals surface area contributed by atoms with E-state index in [9.17, 15) is 9.65 Å². The number of nitrogens with zero attached hydrogens (tertiary/aromatic N) is 9. The highest BCUT2D eigenvalue weighted by molar-refractivity contribution is 6.13. The zero-order chi connectivity index (χ0) is 79.3. The van der Waals surface area contributed by atoms with Gasteiger partial charge in [0.2, 0.25) is 0 Å². The number of aromatic amines is 1. The minimum Gasteiger partial charge on any atom is -0.457 e. The molecule has 1 N–H and O–H groups in total. The van der Waals surface area contributed by atoms with Crippen molar-refractivity contribution in [3.05, 3.63) is 438 Å². The van der Waals surface area contributed by atoms with Gasteiger partial charge < -0.3 is 19.0 Å². The van der Waals surface area contributed by atoms with E-state index in [1.54, 1.807) is 6.07 Å². The second-order valence-corrected chi connectivity index (χ2v) is 29.9. The fourth-order valence-corrected chi connectivity index (χ4v) is 18.4. The molecule has 0 saturated carbocycles. The zero-order valence-corrected chi connectivity index (χ0v) is 63.5. The predicted octanol–water partition coefficient (Wildman–Crippen LogP) is 25.0. The number of nitriles is 2. The molecule has 12 nitrogen and oxygen atoms in total. The maximum absolute atomic E-state index is 13.7. The molecule has 0 fully saturated rings. The van der Waals surface area contributed by atoms with Gasteiger partial charge in [0.1, 0.15) is 41.0 Å². The Labute approximate surface area is 683 Å². The van der Waals surface area contributed by atoms with Crippen LogP contribution in [0, 0.1) is 28.5 Å². The quantitative estimate of drug-likeness (QED) is 0.162. The van der Waals surface area contributed by atoms with Gasteiger partial charge in [-0.05, 0) is 142 Å². The number of ether oxygens (including phenoxy) is 2. The van der Waals surface area contributed by atoms with E-state index < -0.39 is 16.6 Å². The Hall–Kier alpha value is -16.4. The monoisotopic (exact) mass is 1530 g/mol. The number of rotatable bonds is 7. The van der Waals surface area contributed by atoms with Crippen LogP contribution in [0.25, 0.3) is 140 Å². The van der Waals surface area contributed by atoms with Gasteiger partial charge in [0.25, 0.3) is 0 Å². The molecule has 2 aliphatic heterocycles. The summed E-state index contributed by atoms with van der Waals surface area (Å²) in [5.74, 6) is 6.04. The minimum atomic E-state index is -0.625. The number of benzene rings is 16. The first-order valence-corrected chi connectivity index (χ1v) is 39.4. The van der Waals surface area contributed by atoms with E-state index in [2.05, 4.69) is 237 Å². The van der Waals surface area contributed by atoms with Gasteiger partial charge in [-0.3, -0.25) is 0 Å². The topological polar surface area (TPSA) is 164 Å². The van der Waals surface area contributed by atoms with E-state index in [4.69, 9.17) is 29.7 Å². The minimum absolute atomic E-state index is 0.0459. The molecule has 13 heteroatoms. The van der Waals surface area contributed by atoms with Gasteiger partial charge in [0, 0.05) is 88.2 Å². The summed E-state index contributed by atoms with van der Waals surface area (Å²) in [6, 6.07) is 132. The summed E-state index contributed by atoms with van der Waals surface area (Å²) in [4.78, 5) is 32.2. The molecule has 2 spiro atoms. The van der Waals surface area contributed by atoms with Crippen molar-refractivity contribution >= 4 is 43.6 Å². The van der Waals surface area contributed by atoms with Crippen LogP contribution in [0.5, 0.6) is 23.0 Å². The molecule has 24 rings (SSSR count). The van der Waals surface area contributed by atoms with Crippen molar-refractivity contribution in [3.8, 4) is 131 Å². The highest BCUT2D eigenvalue weighted by Crippen LogP contribution is 2.65. The van der Waals surface area contributed by atoms with Crippen LogP contribution in [0.1, 0.15) is 55.6 Å². The Morgan fingerprint density at radius 1 is 0.269 bits per heavy atom. The third-order valence-corrected chi connectivity index (χ3v) is 23.5. The first-order chi connectivity index (χ1) is 58.8. The van der Waals surface area contributed by atoms with Crippen molar-refractivity contribution in [1.29, 1.82) is 10.5 Å². The van der Waals surface area contributed by atoms with E-state index in [0.717, 1.165) is 89.4 Å². The van der Waals surface area contributed by atoms with E-state index in [0.29, 0.717) is 46.1 Å². The smallest absolute Gasteiger partial charge is 0.164 e. The SMILES string of the molecule is N#Cc1cc(-c2nc(-c3ccccc3)nc(-c3ccccc3)n2)ccc1-n1c2ccccc2c2cc3c(cc21)C1(c2ccccc2Oc2ccccc21)c1ccccc1-3.N#Cc1cc(-c2nc(-c3ccccc3)nc(-c3ccccc3)n2)ccc1F.c1ccc2c(c1)Oc1ccccc1C21c2ccccc2-c2cc3c(cc21)[nH]c1ccccc13. The van der Waals surface area contributed by atoms with Crippen LogP contribution in [0.2, 0.25) is 0 Å². The Balaban J connectivity index is 0.000000119. The summed E-state index contributed by atoms with van der Waals surface area (Å²) < 4.78 is 29.0. The maximum Gasteiger partial charge on any atom is 0.164 e. The van der Waals surface area contributed by atoms with Gasteiger partial charge in [-0.1, -0.05) is 279 Å². The molecular weight excluding hydrogens is 1460 g/mol. The molecule has 556 valence electrons. The summed E-state index contributed by atoms with van der Waals surface area (Å²) in [5.41, 5.74) is 24.0. The van der Waals surface area contributed by atoms with E-state index in [-0.39, 0.29) is 5.56 Å². The summed E-state index contributed by atoms with van der Waals surface area (Å²) in [5, 5.41) is 24.8. The number of H-pyrrole nitrogens is 1. The normalized spacial score (nSPS) is 12.8. The Morgan fingerprint density at radius 2 is 0.630 bits per heavy atom. The average Bonchev–Trinajstić information content (AvgIpc) is 1.53. The van der Waals surface area contributed by atoms with Gasteiger partial charge in [0.05, 0.1) is 38.7 Å². The third kappa shape index (κ3) is 11.1. The molecule has 16 aromatic carbocycles. The lowest BCUT2D eigenvalue weighted by atomic mass is 9.66. The van der Waals surface area contributed by atoms with E-state index >= 15 is 0 Å². The van der Waals surface area contributed by atoms with Crippen molar-refractivity contribution in [3.63, 3.8) is 0 Å². The number of halogens is 1. The molecular formula is C106H63FN10O2. The largest absolute Gasteiger partial charge is 0.457 e.